The van der Waals surface area contributed by atoms with E-state index in [0.717, 1.165) is 36.8 Å². The van der Waals surface area contributed by atoms with Gasteiger partial charge in [0.2, 0.25) is 5.91 Å². The molecule has 1 aromatic carbocycles. The van der Waals surface area contributed by atoms with E-state index in [1.54, 1.807) is 6.07 Å². The van der Waals surface area contributed by atoms with E-state index in [1.165, 1.54) is 6.07 Å². The van der Waals surface area contributed by atoms with Crippen molar-refractivity contribution in [2.45, 2.75) is 58.9 Å². The molecule has 0 aliphatic heterocycles. The van der Waals surface area contributed by atoms with Gasteiger partial charge in [-0.2, -0.15) is 0 Å². The molecular weight excluding hydrogens is 253 g/mol. The zero-order valence-electron chi connectivity index (χ0n) is 12.6. The number of carbonyl (C=O) groups excluding carboxylic acids is 1. The predicted octanol–water partition coefficient (Wildman–Crippen LogP) is 4.15. The highest BCUT2D eigenvalue weighted by molar-refractivity contribution is 5.76. The first-order chi connectivity index (χ1) is 9.37. The lowest BCUT2D eigenvalue weighted by atomic mass is 9.90. The standard InChI is InChI=1S/C17H24FNO/c1-17(2,3)11-5-8-16(20)19-15-10-9-12-13(15)6-4-7-14(12)18/h4,6-7,15H,5,8-11H2,1-3H3,(H,19,20). The van der Waals surface area contributed by atoms with Crippen LogP contribution >= 0.6 is 0 Å². The van der Waals surface area contributed by atoms with Crippen molar-refractivity contribution in [3.63, 3.8) is 0 Å². The monoisotopic (exact) mass is 277 g/mol. The maximum atomic E-state index is 13.6. The highest BCUT2D eigenvalue weighted by Crippen LogP contribution is 2.32. The summed E-state index contributed by atoms with van der Waals surface area (Å²) in [4.78, 5) is 12.0. The third-order valence-electron chi connectivity index (χ3n) is 3.88. The third-order valence-corrected chi connectivity index (χ3v) is 3.88. The second-order valence-corrected chi connectivity index (χ2v) is 6.88. The number of benzene rings is 1. The summed E-state index contributed by atoms with van der Waals surface area (Å²) in [7, 11) is 0. The minimum absolute atomic E-state index is 0.0113. The van der Waals surface area contributed by atoms with Gasteiger partial charge in [-0.3, -0.25) is 4.79 Å². The fraction of sp³-hybridized carbons (Fsp3) is 0.588. The molecule has 2 rings (SSSR count). The van der Waals surface area contributed by atoms with Gasteiger partial charge in [0.25, 0.3) is 0 Å². The lowest BCUT2D eigenvalue weighted by Gasteiger charge is -2.18. The Morgan fingerprint density at radius 2 is 2.15 bits per heavy atom. The van der Waals surface area contributed by atoms with E-state index in [0.29, 0.717) is 6.42 Å². The number of carbonyl (C=O) groups is 1. The van der Waals surface area contributed by atoms with Crippen molar-refractivity contribution in [3.8, 4) is 0 Å². The Hall–Kier alpha value is -1.38. The Kier molecular flexibility index (Phi) is 4.46. The number of nitrogens with one attached hydrogen (secondary N) is 1. The second kappa shape index (κ2) is 5.94. The van der Waals surface area contributed by atoms with Crippen LogP contribution in [0.2, 0.25) is 0 Å². The molecule has 1 aliphatic carbocycles. The summed E-state index contributed by atoms with van der Waals surface area (Å²) in [5.41, 5.74) is 1.99. The largest absolute Gasteiger partial charge is 0.349 e. The minimum atomic E-state index is -0.146. The van der Waals surface area contributed by atoms with Crippen LogP contribution in [-0.2, 0) is 11.2 Å². The first-order valence-corrected chi connectivity index (χ1v) is 7.43. The first kappa shape index (κ1) is 15.0. The van der Waals surface area contributed by atoms with Gasteiger partial charge in [0.1, 0.15) is 5.82 Å². The molecule has 0 saturated heterocycles. The van der Waals surface area contributed by atoms with Crippen molar-refractivity contribution in [1.29, 1.82) is 0 Å². The molecule has 0 bridgehead atoms. The molecule has 1 N–H and O–H groups in total. The Morgan fingerprint density at radius 1 is 1.40 bits per heavy atom. The van der Waals surface area contributed by atoms with Crippen LogP contribution in [-0.4, -0.2) is 5.91 Å². The topological polar surface area (TPSA) is 29.1 Å². The quantitative estimate of drug-likeness (QED) is 0.880. The van der Waals surface area contributed by atoms with E-state index < -0.39 is 0 Å². The summed E-state index contributed by atoms with van der Waals surface area (Å²) in [5.74, 6) is -0.0663. The molecule has 1 aromatic rings. The number of rotatable bonds is 4. The van der Waals surface area contributed by atoms with Crippen LogP contribution in [0.1, 0.15) is 63.6 Å². The number of amides is 1. The fourth-order valence-electron chi connectivity index (χ4n) is 2.81. The number of halogens is 1. The van der Waals surface area contributed by atoms with Crippen LogP contribution in [0.15, 0.2) is 18.2 Å². The molecule has 0 radical (unpaired) electrons. The van der Waals surface area contributed by atoms with Crippen LogP contribution < -0.4 is 5.32 Å². The van der Waals surface area contributed by atoms with Crippen LogP contribution in [0, 0.1) is 11.2 Å². The average molecular weight is 277 g/mol. The second-order valence-electron chi connectivity index (χ2n) is 6.88. The molecule has 0 spiro atoms. The van der Waals surface area contributed by atoms with E-state index >= 15 is 0 Å². The lowest BCUT2D eigenvalue weighted by Crippen LogP contribution is -2.27. The Bertz CT molecular complexity index is 490. The molecule has 20 heavy (non-hydrogen) atoms. The molecular formula is C17H24FNO. The molecule has 1 atom stereocenters. The molecule has 1 unspecified atom stereocenters. The Labute approximate surface area is 120 Å². The molecule has 1 amide bonds. The number of fused-ring (bicyclic) bond motifs is 1. The summed E-state index contributed by atoms with van der Waals surface area (Å²) < 4.78 is 13.6. The lowest BCUT2D eigenvalue weighted by molar-refractivity contribution is -0.122. The average Bonchev–Trinajstić information content (AvgIpc) is 2.72. The van der Waals surface area contributed by atoms with Gasteiger partial charge in [0.05, 0.1) is 6.04 Å². The molecule has 110 valence electrons. The van der Waals surface area contributed by atoms with Gasteiger partial charge in [-0.05, 0) is 48.3 Å². The predicted molar refractivity (Wildman–Crippen MR) is 78.9 cm³/mol. The summed E-state index contributed by atoms with van der Waals surface area (Å²) >= 11 is 0. The SMILES string of the molecule is CC(C)(C)CCCC(=O)NC1CCc2c(F)cccc21. The van der Waals surface area contributed by atoms with Crippen LogP contribution in [0.4, 0.5) is 4.39 Å². The van der Waals surface area contributed by atoms with Gasteiger partial charge in [-0.25, -0.2) is 4.39 Å². The Morgan fingerprint density at radius 3 is 2.85 bits per heavy atom. The Balaban J connectivity index is 1.87. The summed E-state index contributed by atoms with van der Waals surface area (Å²) in [5, 5.41) is 3.04. The zero-order valence-corrected chi connectivity index (χ0v) is 12.6. The summed E-state index contributed by atoms with van der Waals surface area (Å²) in [6, 6.07) is 5.12. The van der Waals surface area contributed by atoms with E-state index in [-0.39, 0.29) is 23.2 Å². The maximum Gasteiger partial charge on any atom is 0.220 e. The van der Waals surface area contributed by atoms with Gasteiger partial charge in [0, 0.05) is 6.42 Å². The highest BCUT2D eigenvalue weighted by atomic mass is 19.1. The van der Waals surface area contributed by atoms with Crippen molar-refractivity contribution in [2.75, 3.05) is 0 Å². The number of hydrogen-bond donors (Lipinski definition) is 1. The van der Waals surface area contributed by atoms with E-state index in [4.69, 9.17) is 0 Å². The molecule has 3 heteroatoms. The van der Waals surface area contributed by atoms with Crippen molar-refractivity contribution >= 4 is 5.91 Å². The van der Waals surface area contributed by atoms with Gasteiger partial charge < -0.3 is 5.32 Å². The van der Waals surface area contributed by atoms with E-state index in [1.807, 2.05) is 6.07 Å². The molecule has 0 fully saturated rings. The smallest absolute Gasteiger partial charge is 0.220 e. The number of hydrogen-bond acceptors (Lipinski definition) is 1. The van der Waals surface area contributed by atoms with Gasteiger partial charge >= 0.3 is 0 Å². The van der Waals surface area contributed by atoms with Gasteiger partial charge in [-0.1, -0.05) is 32.9 Å². The molecule has 0 aromatic heterocycles. The molecule has 2 nitrogen and oxygen atoms in total. The summed E-state index contributed by atoms with van der Waals surface area (Å²) in [6.07, 6.45) is 4.02. The van der Waals surface area contributed by atoms with Crippen molar-refractivity contribution in [3.05, 3.63) is 35.1 Å². The summed E-state index contributed by atoms with van der Waals surface area (Å²) in [6.45, 7) is 6.54. The molecule has 0 heterocycles. The van der Waals surface area contributed by atoms with Gasteiger partial charge in [0.15, 0.2) is 0 Å². The third kappa shape index (κ3) is 3.81. The molecule has 1 aliphatic rings. The first-order valence-electron chi connectivity index (χ1n) is 7.43. The van der Waals surface area contributed by atoms with Crippen LogP contribution in [0.5, 0.6) is 0 Å². The van der Waals surface area contributed by atoms with E-state index in [9.17, 15) is 9.18 Å². The van der Waals surface area contributed by atoms with Crippen molar-refractivity contribution in [2.24, 2.45) is 5.41 Å². The maximum absolute atomic E-state index is 13.6. The normalized spacial score (nSPS) is 17.9. The minimum Gasteiger partial charge on any atom is -0.349 e. The highest BCUT2D eigenvalue weighted by Gasteiger charge is 2.25. The molecule has 0 saturated carbocycles. The van der Waals surface area contributed by atoms with Crippen molar-refractivity contribution in [1.82, 2.24) is 5.32 Å². The zero-order chi connectivity index (χ0) is 14.8. The van der Waals surface area contributed by atoms with E-state index in [2.05, 4.69) is 26.1 Å². The van der Waals surface area contributed by atoms with Crippen LogP contribution in [0.25, 0.3) is 0 Å². The van der Waals surface area contributed by atoms with Crippen molar-refractivity contribution < 1.29 is 9.18 Å². The fourth-order valence-corrected chi connectivity index (χ4v) is 2.81. The van der Waals surface area contributed by atoms with Crippen LogP contribution in [0.3, 0.4) is 0 Å². The van der Waals surface area contributed by atoms with Gasteiger partial charge in [-0.15, -0.1) is 0 Å².